The Hall–Kier alpha value is 2.14. The van der Waals surface area contributed by atoms with Crippen LogP contribution in [0.4, 0.5) is 0 Å². The van der Waals surface area contributed by atoms with Crippen LogP contribution in [0.3, 0.4) is 0 Å². The van der Waals surface area contributed by atoms with Crippen LogP contribution >= 0.6 is 0 Å². The average molecular weight is 316 g/mol. The first-order valence-corrected chi connectivity index (χ1v) is 1.06. The van der Waals surface area contributed by atoms with Crippen LogP contribution < -0.4 is 0 Å². The van der Waals surface area contributed by atoms with Crippen LogP contribution in [0.25, 0.3) is 0 Å². The summed E-state index contributed by atoms with van der Waals surface area (Å²) >= 11 is 0.750. The van der Waals surface area contributed by atoms with E-state index in [1.54, 1.807) is 0 Å². The second kappa shape index (κ2) is 19.3. The molecule has 0 amide bonds. The predicted octanol–water partition coefficient (Wildman–Crippen LogP) is -0.883. The fraction of sp³-hybridized carbons (Fsp3) is 0. The van der Waals surface area contributed by atoms with Crippen LogP contribution in [0.2, 0.25) is 0 Å². The third-order valence-corrected chi connectivity index (χ3v) is 0. The molecular formula is CdGeInO. The quantitative estimate of drug-likeness (QED) is 0.531. The van der Waals surface area contributed by atoms with Crippen molar-refractivity contribution in [1.29, 1.82) is 0 Å². The van der Waals surface area contributed by atoms with Gasteiger partial charge in [-0.2, -0.15) is 0 Å². The summed E-state index contributed by atoms with van der Waals surface area (Å²) in [5.74, 6) is 0. The number of hydrogen-bond acceptors (Lipinski definition) is 1. The van der Waals surface area contributed by atoms with Gasteiger partial charge >= 0.3 is 20.2 Å². The molecule has 0 heterocycles. The molecule has 0 saturated carbocycles. The Kier molecular flexibility index (Phi) is 79.3. The summed E-state index contributed by atoms with van der Waals surface area (Å²) in [6, 6.07) is 0. The van der Waals surface area contributed by atoms with E-state index in [0.717, 1.165) is 16.5 Å². The Morgan fingerprint density at radius 2 is 1.25 bits per heavy atom. The van der Waals surface area contributed by atoms with E-state index in [0.29, 0.717) is 0 Å². The fourth-order valence-electron chi connectivity index (χ4n) is 0. The summed E-state index contributed by atoms with van der Waals surface area (Å²) in [5, 5.41) is 0. The van der Waals surface area contributed by atoms with Crippen molar-refractivity contribution >= 4 is 42.3 Å². The van der Waals surface area contributed by atoms with Crippen LogP contribution in [-0.2, 0) is 31.1 Å². The molecule has 0 saturated heterocycles. The van der Waals surface area contributed by atoms with Gasteiger partial charge in [0.1, 0.15) is 0 Å². The maximum atomic E-state index is 8.25. The van der Waals surface area contributed by atoms with Crippen molar-refractivity contribution < 1.29 is 31.1 Å². The summed E-state index contributed by atoms with van der Waals surface area (Å²) in [7, 11) is 0. The van der Waals surface area contributed by atoms with Crippen molar-refractivity contribution in [2.24, 2.45) is 0 Å². The Morgan fingerprint density at radius 1 is 1.25 bits per heavy atom. The van der Waals surface area contributed by atoms with Crippen LogP contribution in [0.15, 0.2) is 0 Å². The van der Waals surface area contributed by atoms with E-state index in [4.69, 9.17) is 3.78 Å². The molecule has 0 unspecified atom stereocenters. The van der Waals surface area contributed by atoms with Gasteiger partial charge < -0.3 is 0 Å². The second-order valence-electron chi connectivity index (χ2n) is 0. The van der Waals surface area contributed by atoms with Gasteiger partial charge in [0.15, 0.2) is 0 Å². The monoisotopic (exact) mass is 319 g/mol. The minimum atomic E-state index is 0. The molecule has 5 radical (unpaired) electrons. The van der Waals surface area contributed by atoms with E-state index in [-0.39, 0.29) is 53.1 Å². The first-order chi connectivity index (χ1) is 1.00. The van der Waals surface area contributed by atoms with Gasteiger partial charge in [0.2, 0.25) is 0 Å². The molecule has 0 aliphatic heterocycles. The van der Waals surface area contributed by atoms with Gasteiger partial charge in [-0.1, -0.05) is 0 Å². The van der Waals surface area contributed by atoms with E-state index >= 15 is 0 Å². The van der Waals surface area contributed by atoms with Crippen molar-refractivity contribution in [3.05, 3.63) is 0 Å². The van der Waals surface area contributed by atoms with Gasteiger partial charge in [0.25, 0.3) is 0 Å². The molecule has 0 aromatic heterocycles. The van der Waals surface area contributed by atoms with E-state index in [1.807, 2.05) is 0 Å². The molecule has 4 heavy (non-hydrogen) atoms. The number of hydrogen-bond donors (Lipinski definition) is 0. The average Bonchev–Trinajstić information content (AvgIpc) is 1.00. The third-order valence-electron chi connectivity index (χ3n) is 0. The molecule has 1 nitrogen and oxygen atoms in total. The molecule has 0 aromatic carbocycles. The van der Waals surface area contributed by atoms with Crippen LogP contribution in [0, 0.1) is 0 Å². The predicted molar refractivity (Wildman–Crippen MR) is 12.2 cm³/mol. The van der Waals surface area contributed by atoms with Gasteiger partial charge in [-0.05, 0) is 0 Å². The van der Waals surface area contributed by atoms with Crippen LogP contribution in [0.1, 0.15) is 0 Å². The molecule has 0 rings (SSSR count). The van der Waals surface area contributed by atoms with Crippen molar-refractivity contribution in [3.8, 4) is 0 Å². The molecule has 0 aliphatic rings. The van der Waals surface area contributed by atoms with Gasteiger partial charge in [-0.3, -0.25) is 0 Å². The normalized spacial score (nSPS) is 1.00. The standard InChI is InChI=1S/Cd.GeO.In/c;1-2;. The topological polar surface area (TPSA) is 17.1 Å². The summed E-state index contributed by atoms with van der Waals surface area (Å²) in [6.07, 6.45) is 0. The van der Waals surface area contributed by atoms with E-state index in [2.05, 4.69) is 0 Å². The summed E-state index contributed by atoms with van der Waals surface area (Å²) in [4.78, 5) is 0. The molecule has 0 bridgehead atoms. The minimum absolute atomic E-state index is 0. The molecular weight excluding hydrogens is 316 g/mol. The molecule has 0 fully saturated rings. The van der Waals surface area contributed by atoms with Crippen molar-refractivity contribution in [2.75, 3.05) is 0 Å². The molecule has 15 valence electrons. The first-order valence-electron chi connectivity index (χ1n) is 0.204. The van der Waals surface area contributed by atoms with Crippen molar-refractivity contribution in [3.63, 3.8) is 0 Å². The van der Waals surface area contributed by atoms with E-state index < -0.39 is 0 Å². The van der Waals surface area contributed by atoms with Crippen molar-refractivity contribution in [1.82, 2.24) is 0 Å². The molecule has 4 heteroatoms. The molecule has 0 atom stereocenters. The van der Waals surface area contributed by atoms with Crippen LogP contribution in [-0.4, -0.2) is 42.3 Å². The first kappa shape index (κ1) is 16.5. The fourth-order valence-corrected chi connectivity index (χ4v) is 0. The zero-order chi connectivity index (χ0) is 2.00. The second-order valence-corrected chi connectivity index (χ2v) is 0. The van der Waals surface area contributed by atoms with Gasteiger partial charge in [-0.15, -0.1) is 0 Å². The summed E-state index contributed by atoms with van der Waals surface area (Å²) < 4.78 is 8.25. The zero-order valence-electron chi connectivity index (χ0n) is 2.19. The Bertz CT molecular complexity index is 8.00. The Balaban J connectivity index is -0.00000000500. The van der Waals surface area contributed by atoms with Gasteiger partial charge in [0, 0.05) is 53.1 Å². The molecule has 0 aliphatic carbocycles. The Morgan fingerprint density at radius 3 is 1.25 bits per heavy atom. The zero-order valence-corrected chi connectivity index (χ0v) is 11.6. The maximum absolute atomic E-state index is 8.25. The van der Waals surface area contributed by atoms with Crippen LogP contribution in [0.5, 0.6) is 0 Å². The van der Waals surface area contributed by atoms with Gasteiger partial charge in [0.05, 0.1) is 0 Å². The summed E-state index contributed by atoms with van der Waals surface area (Å²) in [5.41, 5.74) is 0. The summed E-state index contributed by atoms with van der Waals surface area (Å²) in [6.45, 7) is 0. The van der Waals surface area contributed by atoms with Crippen molar-refractivity contribution in [2.45, 2.75) is 0 Å². The molecule has 0 N–H and O–H groups in total. The molecule has 0 spiro atoms. The van der Waals surface area contributed by atoms with Gasteiger partial charge in [-0.25, -0.2) is 0 Å². The van der Waals surface area contributed by atoms with E-state index in [1.165, 1.54) is 0 Å². The number of rotatable bonds is 0. The SMILES string of the molecule is [Cd].[In].[O]=[Ge]. The third kappa shape index (κ3) is 8.92. The van der Waals surface area contributed by atoms with E-state index in [9.17, 15) is 0 Å². The Labute approximate surface area is 72.3 Å². The molecule has 0 aromatic rings.